The minimum Gasteiger partial charge on any atom is -0.398 e. The molecule has 0 saturated heterocycles. The van der Waals surface area contributed by atoms with Crippen LogP contribution in [-0.4, -0.2) is 5.84 Å². The highest BCUT2D eigenvalue weighted by Gasteiger charge is 1.99. The lowest BCUT2D eigenvalue weighted by Crippen LogP contribution is -2.11. The molecule has 1 aromatic rings. The van der Waals surface area contributed by atoms with Gasteiger partial charge in [0.15, 0.2) is 0 Å². The molecule has 0 aromatic heterocycles. The topological polar surface area (TPSA) is 75.9 Å². The van der Waals surface area contributed by atoms with Crippen molar-refractivity contribution in [3.8, 4) is 0 Å². The third-order valence-corrected chi connectivity index (χ3v) is 1.65. The minimum atomic E-state index is -0.00614. The molecule has 1 aromatic carbocycles. The van der Waals surface area contributed by atoms with Gasteiger partial charge in [-0.25, -0.2) is 0 Å². The third kappa shape index (κ3) is 3.72. The summed E-state index contributed by atoms with van der Waals surface area (Å²) in [4.78, 5) is 0. The van der Waals surface area contributed by atoms with Crippen LogP contribution >= 0.6 is 36.4 Å². The summed E-state index contributed by atoms with van der Waals surface area (Å²) < 4.78 is 0. The van der Waals surface area contributed by atoms with E-state index in [4.69, 9.17) is 28.5 Å². The molecule has 0 unspecified atom stereocenters. The van der Waals surface area contributed by atoms with E-state index in [1.165, 1.54) is 0 Å². The Morgan fingerprint density at radius 1 is 1.31 bits per heavy atom. The first-order chi connectivity index (χ1) is 5.11. The molecule has 0 aliphatic heterocycles. The van der Waals surface area contributed by atoms with Gasteiger partial charge in [-0.1, -0.05) is 11.6 Å². The summed E-state index contributed by atoms with van der Waals surface area (Å²) in [5.74, 6) is -0.00614. The zero-order chi connectivity index (χ0) is 8.43. The molecule has 0 radical (unpaired) electrons. The SMILES string of the molecule is Cl.Cl.N=C(N)c1ccc(Cl)c(N)c1. The largest absolute Gasteiger partial charge is 0.398 e. The highest BCUT2D eigenvalue weighted by atomic mass is 35.5. The molecule has 0 aliphatic rings. The molecule has 74 valence electrons. The highest BCUT2D eigenvalue weighted by Crippen LogP contribution is 2.18. The van der Waals surface area contributed by atoms with E-state index >= 15 is 0 Å². The second-order valence-electron chi connectivity index (χ2n) is 2.15. The third-order valence-electron chi connectivity index (χ3n) is 1.31. The maximum Gasteiger partial charge on any atom is 0.122 e. The van der Waals surface area contributed by atoms with Crippen LogP contribution in [0, 0.1) is 5.41 Å². The Balaban J connectivity index is 0. The van der Waals surface area contributed by atoms with Crippen LogP contribution < -0.4 is 11.5 Å². The molecule has 6 heteroatoms. The summed E-state index contributed by atoms with van der Waals surface area (Å²) in [7, 11) is 0. The van der Waals surface area contributed by atoms with Crippen LogP contribution in [0.15, 0.2) is 18.2 Å². The van der Waals surface area contributed by atoms with E-state index < -0.39 is 0 Å². The number of hydrogen-bond acceptors (Lipinski definition) is 2. The molecule has 0 amide bonds. The summed E-state index contributed by atoms with van der Waals surface area (Å²) >= 11 is 5.65. The van der Waals surface area contributed by atoms with Crippen molar-refractivity contribution in [2.75, 3.05) is 5.73 Å². The fourth-order valence-electron chi connectivity index (χ4n) is 0.711. The minimum absolute atomic E-state index is 0. The number of benzene rings is 1. The fourth-order valence-corrected chi connectivity index (χ4v) is 0.829. The quantitative estimate of drug-likeness (QED) is 0.400. The zero-order valence-corrected chi connectivity index (χ0v) is 8.97. The molecular formula is C7H10Cl3N3. The molecule has 5 N–H and O–H groups in total. The average molecular weight is 243 g/mol. The Morgan fingerprint density at radius 3 is 2.23 bits per heavy atom. The summed E-state index contributed by atoms with van der Waals surface area (Å²) in [5.41, 5.74) is 11.7. The molecule has 1 rings (SSSR count). The van der Waals surface area contributed by atoms with Crippen molar-refractivity contribution in [2.24, 2.45) is 5.73 Å². The van der Waals surface area contributed by atoms with Crippen LogP contribution in [0.5, 0.6) is 0 Å². The Bertz CT molecular complexity index is 301. The van der Waals surface area contributed by atoms with Crippen LogP contribution in [0.1, 0.15) is 5.56 Å². The van der Waals surface area contributed by atoms with Gasteiger partial charge in [-0.15, -0.1) is 24.8 Å². The number of rotatable bonds is 1. The number of nitrogens with one attached hydrogen (secondary N) is 1. The van der Waals surface area contributed by atoms with Crippen LogP contribution in [0.2, 0.25) is 5.02 Å². The number of amidine groups is 1. The van der Waals surface area contributed by atoms with Crippen molar-refractivity contribution in [1.29, 1.82) is 5.41 Å². The maximum absolute atomic E-state index is 7.08. The Hall–Kier alpha value is -0.640. The molecule has 0 atom stereocenters. The van der Waals surface area contributed by atoms with Gasteiger partial charge in [0.05, 0.1) is 10.7 Å². The van der Waals surface area contributed by atoms with Gasteiger partial charge >= 0.3 is 0 Å². The Kier molecular flexibility index (Phi) is 6.76. The van der Waals surface area contributed by atoms with Gasteiger partial charge in [-0.3, -0.25) is 5.41 Å². The summed E-state index contributed by atoms with van der Waals surface area (Å²) in [5, 5.41) is 7.56. The molecule has 0 spiro atoms. The molecule has 0 bridgehead atoms. The second-order valence-corrected chi connectivity index (χ2v) is 2.56. The summed E-state index contributed by atoms with van der Waals surface area (Å²) in [6.07, 6.45) is 0. The van der Waals surface area contributed by atoms with Crippen molar-refractivity contribution in [3.63, 3.8) is 0 Å². The Labute approximate surface area is 93.8 Å². The molecule has 0 fully saturated rings. The fraction of sp³-hybridized carbons (Fsp3) is 0. The maximum atomic E-state index is 7.08. The standard InChI is InChI=1S/C7H8ClN3.2ClH/c8-5-2-1-4(7(10)11)3-6(5)9;;/h1-3H,9H2,(H3,10,11);2*1H. The molecule has 0 heterocycles. The summed E-state index contributed by atoms with van der Waals surface area (Å²) in [6.45, 7) is 0. The van der Waals surface area contributed by atoms with Gasteiger partial charge in [0.2, 0.25) is 0 Å². The van der Waals surface area contributed by atoms with E-state index in [1.807, 2.05) is 0 Å². The van der Waals surface area contributed by atoms with Crippen LogP contribution in [0.4, 0.5) is 5.69 Å². The molecule has 13 heavy (non-hydrogen) atoms. The summed E-state index contributed by atoms with van der Waals surface area (Å²) in [6, 6.07) is 4.85. The molecule has 0 aliphatic carbocycles. The van der Waals surface area contributed by atoms with Crippen LogP contribution in [-0.2, 0) is 0 Å². The Morgan fingerprint density at radius 2 is 1.85 bits per heavy atom. The number of hydrogen-bond donors (Lipinski definition) is 3. The number of anilines is 1. The lowest BCUT2D eigenvalue weighted by Gasteiger charge is -2.00. The first-order valence-corrected chi connectivity index (χ1v) is 3.38. The highest BCUT2D eigenvalue weighted by molar-refractivity contribution is 6.33. The van der Waals surface area contributed by atoms with Crippen molar-refractivity contribution < 1.29 is 0 Å². The van der Waals surface area contributed by atoms with E-state index in [0.29, 0.717) is 16.3 Å². The van der Waals surface area contributed by atoms with E-state index in [9.17, 15) is 0 Å². The van der Waals surface area contributed by atoms with Gasteiger partial charge in [-0.2, -0.15) is 0 Å². The number of nitrogen functional groups attached to an aromatic ring is 2. The normalized spacial score (nSPS) is 8.08. The zero-order valence-electron chi connectivity index (χ0n) is 6.58. The first-order valence-electron chi connectivity index (χ1n) is 3.00. The first kappa shape index (κ1) is 14.9. The van der Waals surface area contributed by atoms with E-state index in [2.05, 4.69) is 0 Å². The van der Waals surface area contributed by atoms with Crippen LogP contribution in [0.3, 0.4) is 0 Å². The van der Waals surface area contributed by atoms with Gasteiger partial charge in [-0.05, 0) is 18.2 Å². The average Bonchev–Trinajstić information content (AvgIpc) is 1.94. The van der Waals surface area contributed by atoms with E-state index in [-0.39, 0.29) is 30.6 Å². The molecular weight excluding hydrogens is 232 g/mol. The van der Waals surface area contributed by atoms with E-state index in [1.54, 1.807) is 18.2 Å². The van der Waals surface area contributed by atoms with Crippen molar-refractivity contribution in [2.45, 2.75) is 0 Å². The van der Waals surface area contributed by atoms with Crippen molar-refractivity contribution in [3.05, 3.63) is 28.8 Å². The van der Waals surface area contributed by atoms with Gasteiger partial charge in [0, 0.05) is 5.56 Å². The van der Waals surface area contributed by atoms with Gasteiger partial charge in [0.25, 0.3) is 0 Å². The second kappa shape index (κ2) is 5.91. The van der Waals surface area contributed by atoms with Crippen molar-refractivity contribution in [1.82, 2.24) is 0 Å². The smallest absolute Gasteiger partial charge is 0.122 e. The monoisotopic (exact) mass is 241 g/mol. The van der Waals surface area contributed by atoms with Crippen LogP contribution in [0.25, 0.3) is 0 Å². The molecule has 3 nitrogen and oxygen atoms in total. The van der Waals surface area contributed by atoms with Gasteiger partial charge in [0.1, 0.15) is 5.84 Å². The molecule has 0 saturated carbocycles. The predicted molar refractivity (Wildman–Crippen MR) is 61.4 cm³/mol. The number of nitrogens with two attached hydrogens (primary N) is 2. The predicted octanol–water partition coefficient (Wildman–Crippen LogP) is 2.05. The lowest BCUT2D eigenvalue weighted by atomic mass is 10.2. The van der Waals surface area contributed by atoms with E-state index in [0.717, 1.165) is 0 Å². The van der Waals surface area contributed by atoms with Gasteiger partial charge < -0.3 is 11.5 Å². The lowest BCUT2D eigenvalue weighted by molar-refractivity contribution is 1.42. The van der Waals surface area contributed by atoms with Crippen molar-refractivity contribution >= 4 is 47.9 Å². The number of halogens is 3.